The van der Waals surface area contributed by atoms with Crippen LogP contribution in [0.3, 0.4) is 0 Å². The lowest BCUT2D eigenvalue weighted by atomic mass is 10.1. The van der Waals surface area contributed by atoms with Gasteiger partial charge in [0.15, 0.2) is 0 Å². The summed E-state index contributed by atoms with van der Waals surface area (Å²) in [5.74, 6) is -2.61. The van der Waals surface area contributed by atoms with Crippen molar-refractivity contribution in [3.05, 3.63) is 71.3 Å². The molecule has 2 rings (SSSR count). The molecule has 2 aromatic carbocycles. The van der Waals surface area contributed by atoms with E-state index < -0.39 is 29.1 Å². The summed E-state index contributed by atoms with van der Waals surface area (Å²) in [6.07, 6.45) is 0. The highest BCUT2D eigenvalue weighted by Crippen LogP contribution is 2.15. The third kappa shape index (κ3) is 3.00. The van der Waals surface area contributed by atoms with Crippen LogP contribution < -0.4 is 11.1 Å². The number of nitrogens with two attached hydrogens (primary N) is 1. The first kappa shape index (κ1) is 14.1. The summed E-state index contributed by atoms with van der Waals surface area (Å²) in [5.41, 5.74) is 5.79. The fourth-order valence-corrected chi connectivity index (χ4v) is 1.91. The van der Waals surface area contributed by atoms with E-state index in [4.69, 9.17) is 5.73 Å². The van der Waals surface area contributed by atoms with E-state index in [-0.39, 0.29) is 6.54 Å². The molecule has 0 fully saturated rings. The van der Waals surface area contributed by atoms with Gasteiger partial charge >= 0.3 is 0 Å². The van der Waals surface area contributed by atoms with Crippen LogP contribution in [0.5, 0.6) is 0 Å². The number of hydrogen-bond acceptors (Lipinski definition) is 2. The maximum atomic E-state index is 13.5. The van der Waals surface area contributed by atoms with Gasteiger partial charge in [-0.05, 0) is 17.7 Å². The quantitative estimate of drug-likeness (QED) is 0.901. The van der Waals surface area contributed by atoms with E-state index in [0.717, 1.165) is 17.7 Å². The largest absolute Gasteiger partial charge is 0.344 e. The normalized spacial score (nSPS) is 11.9. The van der Waals surface area contributed by atoms with Crippen molar-refractivity contribution < 1.29 is 13.6 Å². The molecule has 5 heteroatoms. The van der Waals surface area contributed by atoms with E-state index in [1.165, 1.54) is 6.07 Å². The highest BCUT2D eigenvalue weighted by Gasteiger charge is 2.20. The first-order valence-electron chi connectivity index (χ1n) is 6.13. The van der Waals surface area contributed by atoms with Gasteiger partial charge in [-0.3, -0.25) is 4.79 Å². The Balaban J connectivity index is 2.22. The molecule has 0 aromatic heterocycles. The number of carbonyl (C=O) groups excluding carboxylic acids is 1. The molecule has 0 aliphatic rings. The van der Waals surface area contributed by atoms with Crippen LogP contribution in [0.2, 0.25) is 0 Å². The lowest BCUT2D eigenvalue weighted by molar-refractivity contribution is 0.0929. The van der Waals surface area contributed by atoms with Crippen LogP contribution in [-0.4, -0.2) is 12.5 Å². The average Bonchev–Trinajstić information content (AvgIpc) is 2.45. The summed E-state index contributed by atoms with van der Waals surface area (Å²) in [6, 6.07) is 11.8. The van der Waals surface area contributed by atoms with Crippen molar-refractivity contribution in [2.24, 2.45) is 5.73 Å². The zero-order valence-corrected chi connectivity index (χ0v) is 10.6. The number of rotatable bonds is 4. The number of hydrogen-bond donors (Lipinski definition) is 2. The van der Waals surface area contributed by atoms with Gasteiger partial charge in [0.2, 0.25) is 0 Å². The first-order valence-corrected chi connectivity index (χ1v) is 6.13. The summed E-state index contributed by atoms with van der Waals surface area (Å²) in [6.45, 7) is 0.131. The van der Waals surface area contributed by atoms with Crippen molar-refractivity contribution in [3.63, 3.8) is 0 Å². The van der Waals surface area contributed by atoms with Crippen LogP contribution in [0.4, 0.5) is 8.78 Å². The highest BCUT2D eigenvalue weighted by atomic mass is 19.1. The zero-order chi connectivity index (χ0) is 14.5. The summed E-state index contributed by atoms with van der Waals surface area (Å²) in [4.78, 5) is 12.0. The molecule has 104 valence electrons. The number of amides is 1. The van der Waals surface area contributed by atoms with E-state index in [2.05, 4.69) is 5.32 Å². The molecule has 0 spiro atoms. The van der Waals surface area contributed by atoms with Crippen LogP contribution >= 0.6 is 0 Å². The summed E-state index contributed by atoms with van der Waals surface area (Å²) >= 11 is 0. The fraction of sp³-hybridized carbons (Fsp3) is 0.133. The van der Waals surface area contributed by atoms with E-state index in [1.54, 1.807) is 24.3 Å². The highest BCUT2D eigenvalue weighted by molar-refractivity contribution is 5.95. The monoisotopic (exact) mass is 276 g/mol. The number of nitrogens with one attached hydrogen (secondary N) is 1. The Labute approximate surface area is 115 Å². The molecule has 0 bridgehead atoms. The van der Waals surface area contributed by atoms with Gasteiger partial charge < -0.3 is 11.1 Å². The summed E-state index contributed by atoms with van der Waals surface area (Å²) < 4.78 is 27.1. The van der Waals surface area contributed by atoms with Gasteiger partial charge in [0.05, 0.1) is 6.04 Å². The Morgan fingerprint density at radius 2 is 1.65 bits per heavy atom. The molecule has 0 heterocycles. The second-order valence-electron chi connectivity index (χ2n) is 4.27. The molecule has 1 unspecified atom stereocenters. The molecule has 3 nitrogen and oxygen atoms in total. The average molecular weight is 276 g/mol. The van der Waals surface area contributed by atoms with Gasteiger partial charge in [-0.2, -0.15) is 0 Å². The molecule has 20 heavy (non-hydrogen) atoms. The summed E-state index contributed by atoms with van der Waals surface area (Å²) in [5, 5.41) is 2.54. The minimum Gasteiger partial charge on any atom is -0.344 e. The fourth-order valence-electron chi connectivity index (χ4n) is 1.91. The third-order valence-corrected chi connectivity index (χ3v) is 2.93. The van der Waals surface area contributed by atoms with Gasteiger partial charge in [-0.1, -0.05) is 36.4 Å². The van der Waals surface area contributed by atoms with Gasteiger partial charge in [0, 0.05) is 6.54 Å². The Kier molecular flexibility index (Phi) is 4.42. The predicted molar refractivity (Wildman–Crippen MR) is 72.1 cm³/mol. The maximum Gasteiger partial charge on any atom is 0.257 e. The van der Waals surface area contributed by atoms with E-state index >= 15 is 0 Å². The second-order valence-corrected chi connectivity index (χ2v) is 4.27. The Morgan fingerprint density at radius 1 is 1.05 bits per heavy atom. The molecule has 0 saturated carbocycles. The second kappa shape index (κ2) is 6.25. The SMILES string of the molecule is NCC(NC(=O)c1c(F)cccc1F)c1ccccc1. The molecule has 0 aliphatic heterocycles. The zero-order valence-electron chi connectivity index (χ0n) is 10.6. The van der Waals surface area contributed by atoms with E-state index in [9.17, 15) is 13.6 Å². The van der Waals surface area contributed by atoms with Crippen molar-refractivity contribution in [2.75, 3.05) is 6.54 Å². The molecule has 2 aromatic rings. The summed E-state index contributed by atoms with van der Waals surface area (Å²) in [7, 11) is 0. The Morgan fingerprint density at radius 3 is 2.20 bits per heavy atom. The molecule has 1 atom stereocenters. The topological polar surface area (TPSA) is 55.1 Å². The first-order chi connectivity index (χ1) is 9.63. The van der Waals surface area contributed by atoms with Crippen molar-refractivity contribution >= 4 is 5.91 Å². The minimum absolute atomic E-state index is 0.131. The molecule has 0 radical (unpaired) electrons. The molecule has 0 saturated heterocycles. The standard InChI is InChI=1S/C15H14F2N2O/c16-11-7-4-8-12(17)14(11)15(20)19-13(9-18)10-5-2-1-3-6-10/h1-8,13H,9,18H2,(H,19,20). The van der Waals surface area contributed by atoms with Crippen molar-refractivity contribution in [1.29, 1.82) is 0 Å². The van der Waals surface area contributed by atoms with E-state index in [1.807, 2.05) is 6.07 Å². The molecular formula is C15H14F2N2O. The van der Waals surface area contributed by atoms with E-state index in [0.29, 0.717) is 0 Å². The third-order valence-electron chi connectivity index (χ3n) is 2.93. The smallest absolute Gasteiger partial charge is 0.257 e. The van der Waals surface area contributed by atoms with Gasteiger partial charge in [-0.25, -0.2) is 8.78 Å². The molecule has 1 amide bonds. The lowest BCUT2D eigenvalue weighted by Gasteiger charge is -2.17. The van der Waals surface area contributed by atoms with Crippen molar-refractivity contribution in [1.82, 2.24) is 5.32 Å². The van der Waals surface area contributed by atoms with Gasteiger partial charge in [0.1, 0.15) is 17.2 Å². The molecular weight excluding hydrogens is 262 g/mol. The minimum atomic E-state index is -0.897. The van der Waals surface area contributed by atoms with Crippen LogP contribution in [0.25, 0.3) is 0 Å². The predicted octanol–water partition coefficient (Wildman–Crippen LogP) is 2.39. The van der Waals surface area contributed by atoms with Crippen LogP contribution in [-0.2, 0) is 0 Å². The number of halogens is 2. The van der Waals surface area contributed by atoms with Gasteiger partial charge in [0.25, 0.3) is 5.91 Å². The van der Waals surface area contributed by atoms with Gasteiger partial charge in [-0.15, -0.1) is 0 Å². The van der Waals surface area contributed by atoms with Crippen LogP contribution in [0.15, 0.2) is 48.5 Å². The molecule has 3 N–H and O–H groups in total. The number of benzene rings is 2. The van der Waals surface area contributed by atoms with Crippen molar-refractivity contribution in [3.8, 4) is 0 Å². The van der Waals surface area contributed by atoms with Crippen LogP contribution in [0, 0.1) is 11.6 Å². The molecule has 0 aliphatic carbocycles. The Hall–Kier alpha value is -2.27. The maximum absolute atomic E-state index is 13.5. The van der Waals surface area contributed by atoms with Crippen LogP contribution in [0.1, 0.15) is 22.0 Å². The number of carbonyl (C=O) groups is 1. The Bertz CT molecular complexity index is 582. The lowest BCUT2D eigenvalue weighted by Crippen LogP contribution is -2.34. The van der Waals surface area contributed by atoms with Crippen molar-refractivity contribution in [2.45, 2.75) is 6.04 Å².